The maximum atomic E-state index is 5.57. The number of imidazole rings is 1. The van der Waals surface area contributed by atoms with Gasteiger partial charge in [0.05, 0.1) is 27.6 Å². The SMILES string of the molecule is c1ccc(-c2ccnc(-n3c4ccc(-c5ccccc5)cc4c4ccc(-c5cccc6c5nc(-c5cccc7c5[nH]c5ccccc57)n6-c5ccccc5)cc43)c2)cc1. The molecule has 4 aromatic heterocycles. The Labute approximate surface area is 340 Å². The summed E-state index contributed by atoms with van der Waals surface area (Å²) in [7, 11) is 0. The summed E-state index contributed by atoms with van der Waals surface area (Å²) >= 11 is 0. The number of H-pyrrole nitrogens is 1. The Morgan fingerprint density at radius 3 is 1.88 bits per heavy atom. The van der Waals surface area contributed by atoms with Crippen LogP contribution < -0.4 is 0 Å². The molecule has 0 saturated carbocycles. The van der Waals surface area contributed by atoms with E-state index in [1.165, 1.54) is 32.7 Å². The topological polar surface area (TPSA) is 51.4 Å². The van der Waals surface area contributed by atoms with Gasteiger partial charge >= 0.3 is 0 Å². The van der Waals surface area contributed by atoms with E-state index in [4.69, 9.17) is 9.97 Å². The zero-order chi connectivity index (χ0) is 38.9. The summed E-state index contributed by atoms with van der Waals surface area (Å²) in [5.74, 6) is 1.76. The summed E-state index contributed by atoms with van der Waals surface area (Å²) in [5, 5.41) is 4.74. The number of para-hydroxylation sites is 4. The minimum Gasteiger partial charge on any atom is -0.354 e. The Morgan fingerprint density at radius 1 is 0.390 bits per heavy atom. The number of aromatic nitrogens is 5. The van der Waals surface area contributed by atoms with Crippen molar-refractivity contribution >= 4 is 54.6 Å². The van der Waals surface area contributed by atoms with Crippen LogP contribution in [0.15, 0.2) is 206 Å². The Kier molecular flexibility index (Phi) is 7.47. The van der Waals surface area contributed by atoms with Crippen molar-refractivity contribution in [1.29, 1.82) is 0 Å². The summed E-state index contributed by atoms with van der Waals surface area (Å²) in [4.78, 5) is 14.3. The average molecular weight is 754 g/mol. The molecule has 0 atom stereocenters. The summed E-state index contributed by atoms with van der Waals surface area (Å²) in [6.45, 7) is 0. The number of pyridine rings is 1. The molecule has 0 aliphatic carbocycles. The van der Waals surface area contributed by atoms with E-state index in [9.17, 15) is 0 Å². The molecule has 0 amide bonds. The second kappa shape index (κ2) is 13.3. The van der Waals surface area contributed by atoms with Crippen LogP contribution in [0, 0.1) is 0 Å². The number of fused-ring (bicyclic) bond motifs is 7. The van der Waals surface area contributed by atoms with E-state index in [2.05, 4.69) is 214 Å². The molecule has 0 fully saturated rings. The smallest absolute Gasteiger partial charge is 0.147 e. The van der Waals surface area contributed by atoms with Gasteiger partial charge < -0.3 is 4.98 Å². The Balaban J connectivity index is 1.11. The molecule has 59 heavy (non-hydrogen) atoms. The van der Waals surface area contributed by atoms with E-state index in [0.29, 0.717) is 0 Å². The van der Waals surface area contributed by atoms with Gasteiger partial charge in [-0.2, -0.15) is 0 Å². The van der Waals surface area contributed by atoms with Crippen LogP contribution in [0.1, 0.15) is 0 Å². The van der Waals surface area contributed by atoms with Crippen LogP contribution in [-0.4, -0.2) is 24.1 Å². The van der Waals surface area contributed by atoms with Crippen molar-refractivity contribution in [3.05, 3.63) is 206 Å². The van der Waals surface area contributed by atoms with E-state index in [1.54, 1.807) is 0 Å². The number of rotatable bonds is 6. The fourth-order valence-corrected chi connectivity index (χ4v) is 9.01. The quantitative estimate of drug-likeness (QED) is 0.184. The molecule has 0 bridgehead atoms. The third-order valence-electron chi connectivity index (χ3n) is 11.7. The van der Waals surface area contributed by atoms with E-state index >= 15 is 0 Å². The fraction of sp³-hybridized carbons (Fsp3) is 0. The van der Waals surface area contributed by atoms with Gasteiger partial charge in [0.25, 0.3) is 0 Å². The molecule has 1 N–H and O–H groups in total. The summed E-state index contributed by atoms with van der Waals surface area (Å²) in [6, 6.07) is 71.2. The van der Waals surface area contributed by atoms with Crippen LogP contribution in [0.2, 0.25) is 0 Å². The lowest BCUT2D eigenvalue weighted by Crippen LogP contribution is -1.98. The normalized spacial score (nSPS) is 11.7. The first-order chi connectivity index (χ1) is 29.3. The highest BCUT2D eigenvalue weighted by atomic mass is 15.1. The molecule has 5 nitrogen and oxygen atoms in total. The molecule has 0 spiro atoms. The lowest BCUT2D eigenvalue weighted by molar-refractivity contribution is 1.08. The van der Waals surface area contributed by atoms with Crippen LogP contribution in [0.3, 0.4) is 0 Å². The maximum absolute atomic E-state index is 5.57. The highest BCUT2D eigenvalue weighted by molar-refractivity contribution is 6.13. The first-order valence-electron chi connectivity index (χ1n) is 20.0. The third kappa shape index (κ3) is 5.33. The van der Waals surface area contributed by atoms with Crippen LogP contribution in [0.25, 0.3) is 111 Å². The number of aromatic amines is 1. The first-order valence-corrected chi connectivity index (χ1v) is 20.0. The molecule has 0 aliphatic heterocycles. The van der Waals surface area contributed by atoms with Crippen molar-refractivity contribution in [1.82, 2.24) is 24.1 Å². The highest BCUT2D eigenvalue weighted by Crippen LogP contribution is 2.41. The van der Waals surface area contributed by atoms with Crippen molar-refractivity contribution in [3.8, 4) is 56.3 Å². The van der Waals surface area contributed by atoms with Crippen LogP contribution in [0.5, 0.6) is 0 Å². The number of nitrogens with one attached hydrogen (secondary N) is 1. The summed E-state index contributed by atoms with van der Waals surface area (Å²) < 4.78 is 4.62. The van der Waals surface area contributed by atoms with E-state index in [1.807, 2.05) is 6.20 Å². The number of nitrogens with zero attached hydrogens (tertiary/aromatic N) is 4. The van der Waals surface area contributed by atoms with Crippen molar-refractivity contribution in [3.63, 3.8) is 0 Å². The van der Waals surface area contributed by atoms with E-state index in [-0.39, 0.29) is 0 Å². The molecule has 12 rings (SSSR count). The van der Waals surface area contributed by atoms with Crippen molar-refractivity contribution < 1.29 is 0 Å². The van der Waals surface area contributed by atoms with Gasteiger partial charge in [-0.3, -0.25) is 9.13 Å². The molecule has 12 aromatic rings. The summed E-state index contributed by atoms with van der Waals surface area (Å²) in [6.07, 6.45) is 1.92. The predicted octanol–water partition coefficient (Wildman–Crippen LogP) is 13.8. The zero-order valence-electron chi connectivity index (χ0n) is 31.9. The molecule has 276 valence electrons. The largest absolute Gasteiger partial charge is 0.354 e. The van der Waals surface area contributed by atoms with Crippen molar-refractivity contribution in [2.45, 2.75) is 0 Å². The second-order valence-electron chi connectivity index (χ2n) is 15.1. The standard InChI is InChI=1S/C54H35N5/c1-4-14-35(15-5-1)37-27-29-48-46(32-37)43-28-26-39(33-50(43)59(48)51-34-38(30-31-55-51)36-16-6-2-7-17-36)41-21-13-25-49-53(41)57-54(58(49)40-18-8-3-9-19-40)45-23-12-22-44-42-20-10-11-24-47(42)56-52(44)45/h1-34,56H. The highest BCUT2D eigenvalue weighted by Gasteiger charge is 2.22. The molecular formula is C54H35N5. The van der Waals surface area contributed by atoms with E-state index < -0.39 is 0 Å². The van der Waals surface area contributed by atoms with Gasteiger partial charge in [-0.1, -0.05) is 140 Å². The van der Waals surface area contributed by atoms with Gasteiger partial charge in [-0.05, 0) is 88.5 Å². The van der Waals surface area contributed by atoms with Gasteiger partial charge in [0.2, 0.25) is 0 Å². The third-order valence-corrected chi connectivity index (χ3v) is 11.7. The lowest BCUT2D eigenvalue weighted by atomic mass is 10.0. The summed E-state index contributed by atoms with van der Waals surface area (Å²) in [5.41, 5.74) is 15.3. The van der Waals surface area contributed by atoms with Gasteiger partial charge in [-0.25, -0.2) is 9.97 Å². The molecule has 8 aromatic carbocycles. The molecular weight excluding hydrogens is 719 g/mol. The van der Waals surface area contributed by atoms with Crippen molar-refractivity contribution in [2.24, 2.45) is 0 Å². The predicted molar refractivity (Wildman–Crippen MR) is 244 cm³/mol. The van der Waals surface area contributed by atoms with Crippen LogP contribution in [-0.2, 0) is 0 Å². The molecule has 0 unspecified atom stereocenters. The fourth-order valence-electron chi connectivity index (χ4n) is 9.01. The minimum atomic E-state index is 0.872. The molecule has 0 aliphatic rings. The molecule has 4 heterocycles. The molecule has 5 heteroatoms. The van der Waals surface area contributed by atoms with Gasteiger partial charge in [0.15, 0.2) is 0 Å². The Hall–Kier alpha value is -8.02. The zero-order valence-corrected chi connectivity index (χ0v) is 31.9. The first kappa shape index (κ1) is 33.2. The van der Waals surface area contributed by atoms with Gasteiger partial charge in [0, 0.05) is 50.1 Å². The number of hydrogen-bond donors (Lipinski definition) is 1. The molecule has 0 saturated heterocycles. The van der Waals surface area contributed by atoms with Crippen LogP contribution >= 0.6 is 0 Å². The maximum Gasteiger partial charge on any atom is 0.147 e. The van der Waals surface area contributed by atoms with Gasteiger partial charge in [-0.15, -0.1) is 0 Å². The number of hydrogen-bond acceptors (Lipinski definition) is 2. The van der Waals surface area contributed by atoms with Crippen molar-refractivity contribution in [2.75, 3.05) is 0 Å². The Bertz CT molecular complexity index is 3540. The Morgan fingerprint density at radius 2 is 1.07 bits per heavy atom. The monoisotopic (exact) mass is 753 g/mol. The minimum absolute atomic E-state index is 0.872. The average Bonchev–Trinajstić information content (AvgIpc) is 3.99. The second-order valence-corrected chi connectivity index (χ2v) is 15.1. The lowest BCUT2D eigenvalue weighted by Gasteiger charge is -2.11. The van der Waals surface area contributed by atoms with Crippen LogP contribution in [0.4, 0.5) is 0 Å². The van der Waals surface area contributed by atoms with Gasteiger partial charge in [0.1, 0.15) is 11.6 Å². The van der Waals surface area contributed by atoms with E-state index in [0.717, 1.165) is 78.2 Å². The molecule has 0 radical (unpaired) electrons. The number of benzene rings is 8.